The fraction of sp³-hybridized carbons (Fsp3) is 0.357. The second-order valence-electron chi connectivity index (χ2n) is 5.26. The van der Waals surface area contributed by atoms with Crippen LogP contribution in [0.1, 0.15) is 12.8 Å². The molecule has 0 aromatic heterocycles. The van der Waals surface area contributed by atoms with Crippen LogP contribution in [0.25, 0.3) is 0 Å². The van der Waals surface area contributed by atoms with Gasteiger partial charge in [0.2, 0.25) is 5.91 Å². The largest absolute Gasteiger partial charge is 0.327 e. The number of nitrogens with one attached hydrogen (secondary N) is 1. The molecule has 3 rings (SSSR count). The van der Waals surface area contributed by atoms with E-state index in [1.807, 2.05) is 0 Å². The smallest absolute Gasteiger partial charge is 0.324 e. The van der Waals surface area contributed by atoms with Gasteiger partial charge in [0.25, 0.3) is 5.91 Å². The van der Waals surface area contributed by atoms with Crippen LogP contribution in [-0.2, 0) is 9.59 Å². The summed E-state index contributed by atoms with van der Waals surface area (Å²) in [7, 11) is 0. The Bertz CT molecular complexity index is 622. The van der Waals surface area contributed by atoms with Gasteiger partial charge >= 0.3 is 6.03 Å². The average molecular weight is 309 g/mol. The van der Waals surface area contributed by atoms with Crippen molar-refractivity contribution in [3.63, 3.8) is 0 Å². The zero-order valence-electron chi connectivity index (χ0n) is 11.5. The van der Waals surface area contributed by atoms with E-state index in [0.717, 1.165) is 23.5 Å². The first-order valence-corrected chi connectivity index (χ1v) is 6.83. The van der Waals surface area contributed by atoms with Gasteiger partial charge in [0.1, 0.15) is 24.2 Å². The Kier molecular flexibility index (Phi) is 3.51. The standard InChI is InChI=1S/C14H13F2N3O3/c15-8-4-9(16)6-10(5-8)17-12(20)7-19-13(21)11-2-1-3-18(11)14(19)22/h4-6,11H,1-3,7H2,(H,17,20). The van der Waals surface area contributed by atoms with Crippen LogP contribution in [0.3, 0.4) is 0 Å². The van der Waals surface area contributed by atoms with E-state index in [1.54, 1.807) is 0 Å². The number of anilines is 1. The highest BCUT2D eigenvalue weighted by molar-refractivity contribution is 6.08. The number of urea groups is 1. The van der Waals surface area contributed by atoms with E-state index in [4.69, 9.17) is 0 Å². The van der Waals surface area contributed by atoms with E-state index in [1.165, 1.54) is 4.90 Å². The number of hydrogen-bond acceptors (Lipinski definition) is 3. The minimum Gasteiger partial charge on any atom is -0.324 e. The molecule has 2 aliphatic heterocycles. The number of nitrogens with zero attached hydrogens (tertiary/aromatic N) is 2. The monoisotopic (exact) mass is 309 g/mol. The number of fused-ring (bicyclic) bond motifs is 1. The summed E-state index contributed by atoms with van der Waals surface area (Å²) in [5, 5.41) is 2.27. The third-order valence-electron chi connectivity index (χ3n) is 3.73. The average Bonchev–Trinajstić information content (AvgIpc) is 2.98. The van der Waals surface area contributed by atoms with E-state index in [9.17, 15) is 23.2 Å². The van der Waals surface area contributed by atoms with Crippen LogP contribution >= 0.6 is 0 Å². The molecule has 2 heterocycles. The van der Waals surface area contributed by atoms with Crippen molar-refractivity contribution in [2.75, 3.05) is 18.4 Å². The summed E-state index contributed by atoms with van der Waals surface area (Å²) in [5.74, 6) is -2.75. The first kappa shape index (κ1) is 14.4. The van der Waals surface area contributed by atoms with Gasteiger partial charge in [0.05, 0.1) is 0 Å². The normalized spacial score (nSPS) is 20.5. The van der Waals surface area contributed by atoms with Crippen LogP contribution in [0.4, 0.5) is 19.3 Å². The van der Waals surface area contributed by atoms with Crippen LogP contribution in [0.5, 0.6) is 0 Å². The molecule has 8 heteroatoms. The summed E-state index contributed by atoms with van der Waals surface area (Å²) in [6.07, 6.45) is 1.36. The van der Waals surface area contributed by atoms with Crippen molar-refractivity contribution < 1.29 is 23.2 Å². The lowest BCUT2D eigenvalue weighted by molar-refractivity contribution is -0.131. The first-order chi connectivity index (χ1) is 10.5. The molecule has 2 fully saturated rings. The quantitative estimate of drug-likeness (QED) is 0.856. The maximum Gasteiger partial charge on any atom is 0.327 e. The third kappa shape index (κ3) is 2.51. The number of carbonyl (C=O) groups excluding carboxylic acids is 3. The van der Waals surface area contributed by atoms with Gasteiger partial charge < -0.3 is 10.2 Å². The molecule has 0 bridgehead atoms. The molecule has 2 aliphatic rings. The van der Waals surface area contributed by atoms with Gasteiger partial charge in [-0.05, 0) is 25.0 Å². The van der Waals surface area contributed by atoms with Crippen LogP contribution in [0.2, 0.25) is 0 Å². The lowest BCUT2D eigenvalue weighted by atomic mass is 10.2. The fourth-order valence-electron chi connectivity index (χ4n) is 2.80. The van der Waals surface area contributed by atoms with Crippen LogP contribution in [0, 0.1) is 11.6 Å². The maximum atomic E-state index is 13.0. The number of benzene rings is 1. The van der Waals surface area contributed by atoms with E-state index in [-0.39, 0.29) is 5.69 Å². The molecule has 1 N–H and O–H groups in total. The number of amides is 4. The summed E-state index contributed by atoms with van der Waals surface area (Å²) in [6, 6.07) is 1.61. The third-order valence-corrected chi connectivity index (χ3v) is 3.73. The summed E-state index contributed by atoms with van der Waals surface area (Å²) < 4.78 is 26.1. The summed E-state index contributed by atoms with van der Waals surface area (Å²) in [6.45, 7) is 0.0330. The van der Waals surface area contributed by atoms with Gasteiger partial charge in [-0.15, -0.1) is 0 Å². The van der Waals surface area contributed by atoms with Gasteiger partial charge in [0.15, 0.2) is 0 Å². The second kappa shape index (κ2) is 5.36. The molecule has 0 radical (unpaired) electrons. The lowest BCUT2D eigenvalue weighted by Gasteiger charge is -2.15. The molecule has 116 valence electrons. The number of carbonyl (C=O) groups is 3. The Balaban J connectivity index is 1.67. The number of halogens is 2. The van der Waals surface area contributed by atoms with E-state index >= 15 is 0 Å². The molecule has 4 amide bonds. The number of imide groups is 1. The van der Waals surface area contributed by atoms with E-state index in [0.29, 0.717) is 19.0 Å². The Morgan fingerprint density at radius 3 is 2.55 bits per heavy atom. The lowest BCUT2D eigenvalue weighted by Crippen LogP contribution is -2.39. The Labute approximate surface area is 124 Å². The molecule has 0 spiro atoms. The Morgan fingerprint density at radius 2 is 1.91 bits per heavy atom. The van der Waals surface area contributed by atoms with E-state index in [2.05, 4.69) is 5.32 Å². The van der Waals surface area contributed by atoms with Crippen molar-refractivity contribution in [2.45, 2.75) is 18.9 Å². The highest BCUT2D eigenvalue weighted by atomic mass is 19.1. The topological polar surface area (TPSA) is 69.7 Å². The molecule has 1 aromatic carbocycles. The maximum absolute atomic E-state index is 13.0. The molecule has 0 saturated carbocycles. The molecule has 1 atom stereocenters. The molecule has 2 saturated heterocycles. The minimum atomic E-state index is -0.829. The fourth-order valence-corrected chi connectivity index (χ4v) is 2.80. The number of rotatable bonds is 3. The van der Waals surface area contributed by atoms with Crippen molar-refractivity contribution >= 4 is 23.5 Å². The molecular weight excluding hydrogens is 296 g/mol. The molecular formula is C14H13F2N3O3. The zero-order chi connectivity index (χ0) is 15.9. The SMILES string of the molecule is O=C(CN1C(=O)C2CCCN2C1=O)Nc1cc(F)cc(F)c1. The van der Waals surface area contributed by atoms with Crippen LogP contribution in [-0.4, -0.2) is 46.8 Å². The van der Waals surface area contributed by atoms with Crippen molar-refractivity contribution in [3.05, 3.63) is 29.8 Å². The predicted molar refractivity (Wildman–Crippen MR) is 71.8 cm³/mol. The van der Waals surface area contributed by atoms with Crippen LogP contribution in [0.15, 0.2) is 18.2 Å². The van der Waals surface area contributed by atoms with Crippen LogP contribution < -0.4 is 5.32 Å². The number of hydrogen-bond donors (Lipinski definition) is 1. The first-order valence-electron chi connectivity index (χ1n) is 6.83. The van der Waals surface area contributed by atoms with Gasteiger partial charge in [-0.25, -0.2) is 13.6 Å². The Hall–Kier alpha value is -2.51. The summed E-state index contributed by atoms with van der Waals surface area (Å²) in [5.41, 5.74) is -0.0675. The molecule has 22 heavy (non-hydrogen) atoms. The summed E-state index contributed by atoms with van der Waals surface area (Å²) in [4.78, 5) is 38.3. The molecule has 1 aromatic rings. The summed E-state index contributed by atoms with van der Waals surface area (Å²) >= 11 is 0. The second-order valence-corrected chi connectivity index (χ2v) is 5.26. The van der Waals surface area contributed by atoms with Crippen molar-refractivity contribution in [1.82, 2.24) is 9.80 Å². The van der Waals surface area contributed by atoms with Gasteiger partial charge in [-0.1, -0.05) is 0 Å². The molecule has 1 unspecified atom stereocenters. The van der Waals surface area contributed by atoms with Gasteiger partial charge in [-0.3, -0.25) is 14.5 Å². The van der Waals surface area contributed by atoms with Gasteiger partial charge in [0, 0.05) is 18.3 Å². The highest BCUT2D eigenvalue weighted by Crippen LogP contribution is 2.27. The van der Waals surface area contributed by atoms with Gasteiger partial charge in [-0.2, -0.15) is 0 Å². The molecule has 6 nitrogen and oxygen atoms in total. The zero-order valence-corrected chi connectivity index (χ0v) is 11.5. The van der Waals surface area contributed by atoms with Crippen molar-refractivity contribution in [3.8, 4) is 0 Å². The van der Waals surface area contributed by atoms with Crippen molar-refractivity contribution in [2.24, 2.45) is 0 Å². The van der Waals surface area contributed by atoms with E-state index < -0.39 is 42.1 Å². The highest BCUT2D eigenvalue weighted by Gasteiger charge is 2.47. The van der Waals surface area contributed by atoms with Crippen molar-refractivity contribution in [1.29, 1.82) is 0 Å². The predicted octanol–water partition coefficient (Wildman–Crippen LogP) is 1.33. The molecule has 0 aliphatic carbocycles. The minimum absolute atomic E-state index is 0.0675. The Morgan fingerprint density at radius 1 is 1.23 bits per heavy atom.